The lowest BCUT2D eigenvalue weighted by Gasteiger charge is -2.43. The van der Waals surface area contributed by atoms with Gasteiger partial charge in [0.05, 0.1) is 33.5 Å². The standard InChI is InChI=1S/C39H42O20/c1-53-23-9-15(4-7-20(23)43)3-6-17(41)11-18-28(46)29(47)25(13-40)57-38(18)55-14-26-30(48)33(51)34(52)39(58-26)59-37-32(50)27-24(12-22(45)36(54-2)31(27)49)56-35(37)16-5-8-19(42)21(44)10-16/h3-10,12,18,25-26,28-30,33-34,38-40,42-49,51-52H,11,13-14H2,1-2H3. The Morgan fingerprint density at radius 2 is 1.44 bits per heavy atom. The molecule has 0 bridgehead atoms. The van der Waals surface area contributed by atoms with Crippen molar-refractivity contribution in [2.75, 3.05) is 27.4 Å². The highest BCUT2D eigenvalue weighted by atomic mass is 16.7. The monoisotopic (exact) mass is 830 g/mol. The van der Waals surface area contributed by atoms with E-state index in [9.17, 15) is 65.8 Å². The maximum Gasteiger partial charge on any atom is 0.239 e. The van der Waals surface area contributed by atoms with E-state index >= 15 is 0 Å². The molecule has 0 saturated carbocycles. The number of hydrogen-bond acceptors (Lipinski definition) is 20. The molecule has 20 nitrogen and oxygen atoms in total. The third-order valence-corrected chi connectivity index (χ3v) is 9.93. The average Bonchev–Trinajstić information content (AvgIpc) is 3.21. The summed E-state index contributed by atoms with van der Waals surface area (Å²) in [5.74, 6) is -6.26. The first-order valence-electron chi connectivity index (χ1n) is 17.9. The smallest absolute Gasteiger partial charge is 0.239 e. The van der Waals surface area contributed by atoms with Crippen molar-refractivity contribution >= 4 is 22.8 Å². The van der Waals surface area contributed by atoms with Crippen LogP contribution in [0.1, 0.15) is 12.0 Å². The first-order chi connectivity index (χ1) is 28.1. The number of benzene rings is 3. The van der Waals surface area contributed by atoms with Crippen molar-refractivity contribution in [1.82, 2.24) is 0 Å². The summed E-state index contributed by atoms with van der Waals surface area (Å²) in [6.45, 7) is -1.49. The van der Waals surface area contributed by atoms with Crippen LogP contribution in [0.2, 0.25) is 0 Å². The SMILES string of the molecule is COc1cc(C=CC(=O)CC2C(OCC3OC(Oc4c(-c5ccc(O)c(O)c5)oc5cc(O)c(OC)c(O)c5c4=O)C(O)C(O)C3O)OC(CO)C(O)C2O)ccc1O. The molecule has 2 aliphatic rings. The normalized spacial score (nSPS) is 27.2. The van der Waals surface area contributed by atoms with Crippen molar-refractivity contribution in [2.45, 2.75) is 61.7 Å². The largest absolute Gasteiger partial charge is 0.504 e. The van der Waals surface area contributed by atoms with E-state index in [4.69, 9.17) is 32.8 Å². The molecule has 20 heteroatoms. The second kappa shape index (κ2) is 17.7. The summed E-state index contributed by atoms with van der Waals surface area (Å²) < 4.78 is 39.0. The molecule has 10 atom stereocenters. The minimum Gasteiger partial charge on any atom is -0.504 e. The number of phenols is 5. The number of aromatic hydroxyl groups is 5. The zero-order valence-electron chi connectivity index (χ0n) is 31.2. The molecule has 2 saturated heterocycles. The molecule has 0 aliphatic carbocycles. The number of hydrogen-bond donors (Lipinski definition) is 11. The van der Waals surface area contributed by atoms with Crippen LogP contribution in [0.5, 0.6) is 46.0 Å². The summed E-state index contributed by atoms with van der Waals surface area (Å²) in [7, 11) is 2.45. The predicted molar refractivity (Wildman–Crippen MR) is 199 cm³/mol. The third kappa shape index (κ3) is 8.57. The minimum atomic E-state index is -2.08. The molecule has 0 radical (unpaired) electrons. The zero-order valence-corrected chi connectivity index (χ0v) is 31.2. The van der Waals surface area contributed by atoms with Crippen molar-refractivity contribution in [2.24, 2.45) is 5.92 Å². The number of aliphatic hydroxyl groups excluding tert-OH is 6. The van der Waals surface area contributed by atoms with Crippen molar-refractivity contribution < 1.29 is 93.8 Å². The Morgan fingerprint density at radius 3 is 2.12 bits per heavy atom. The number of allylic oxidation sites excluding steroid dienone is 1. The second-order valence-electron chi connectivity index (χ2n) is 13.7. The summed E-state index contributed by atoms with van der Waals surface area (Å²) in [5, 5.41) is 115. The van der Waals surface area contributed by atoms with Gasteiger partial charge in [0.25, 0.3) is 0 Å². The van der Waals surface area contributed by atoms with E-state index in [-0.39, 0.29) is 17.1 Å². The first kappa shape index (κ1) is 42.9. The van der Waals surface area contributed by atoms with E-state index in [1.807, 2.05) is 0 Å². The molecule has 0 amide bonds. The molecule has 6 rings (SSSR count). The highest BCUT2D eigenvalue weighted by Gasteiger charge is 2.49. The molecule has 2 aliphatic heterocycles. The Labute approximate surface area is 333 Å². The summed E-state index contributed by atoms with van der Waals surface area (Å²) in [6, 6.07) is 8.54. The van der Waals surface area contributed by atoms with Crippen LogP contribution in [0, 0.1) is 5.92 Å². The van der Waals surface area contributed by atoms with Crippen LogP contribution in [-0.4, -0.2) is 145 Å². The molecule has 2 fully saturated rings. The first-order valence-corrected chi connectivity index (χ1v) is 17.9. The van der Waals surface area contributed by atoms with E-state index in [0.29, 0.717) is 5.56 Å². The maximum absolute atomic E-state index is 14.0. The lowest BCUT2D eigenvalue weighted by Crippen LogP contribution is -2.61. The quantitative estimate of drug-likeness (QED) is 0.0621. The van der Waals surface area contributed by atoms with Crippen LogP contribution in [0.15, 0.2) is 57.8 Å². The van der Waals surface area contributed by atoms with Crippen LogP contribution in [0.4, 0.5) is 0 Å². The van der Waals surface area contributed by atoms with Crippen molar-refractivity contribution in [1.29, 1.82) is 0 Å². The molecule has 10 unspecified atom stereocenters. The van der Waals surface area contributed by atoms with Gasteiger partial charge in [0.1, 0.15) is 47.6 Å². The number of methoxy groups -OCH3 is 2. The lowest BCUT2D eigenvalue weighted by atomic mass is 9.87. The molecule has 1 aromatic heterocycles. The van der Waals surface area contributed by atoms with Crippen molar-refractivity contribution in [3.05, 3.63) is 64.3 Å². The Hall–Kier alpha value is -5.68. The van der Waals surface area contributed by atoms with Crippen LogP contribution in [-0.2, 0) is 19.0 Å². The Kier molecular flexibility index (Phi) is 12.8. The number of carbonyl (C=O) groups is 1. The zero-order chi connectivity index (χ0) is 42.9. The topological polar surface area (TPSA) is 325 Å². The number of ketones is 1. The van der Waals surface area contributed by atoms with Crippen LogP contribution >= 0.6 is 0 Å². The molecule has 11 N–H and O–H groups in total. The van der Waals surface area contributed by atoms with Crippen LogP contribution < -0.4 is 19.6 Å². The van der Waals surface area contributed by atoms with Gasteiger partial charge in [0, 0.05) is 24.0 Å². The summed E-state index contributed by atoms with van der Waals surface area (Å²) in [4.78, 5) is 27.1. The van der Waals surface area contributed by atoms with E-state index < -0.39 is 143 Å². The molecule has 3 aromatic carbocycles. The van der Waals surface area contributed by atoms with E-state index in [1.54, 1.807) is 0 Å². The molecular formula is C39H42O20. The van der Waals surface area contributed by atoms with E-state index in [1.165, 1.54) is 43.5 Å². The van der Waals surface area contributed by atoms with E-state index in [2.05, 4.69) is 0 Å². The molecule has 318 valence electrons. The van der Waals surface area contributed by atoms with Crippen molar-refractivity contribution in [3.63, 3.8) is 0 Å². The summed E-state index contributed by atoms with van der Waals surface area (Å²) >= 11 is 0. The summed E-state index contributed by atoms with van der Waals surface area (Å²) in [5.41, 5.74) is -1.13. The van der Waals surface area contributed by atoms with E-state index in [0.717, 1.165) is 25.3 Å². The van der Waals surface area contributed by atoms with Gasteiger partial charge in [-0.3, -0.25) is 9.59 Å². The van der Waals surface area contributed by atoms with Gasteiger partial charge in [-0.1, -0.05) is 12.1 Å². The van der Waals surface area contributed by atoms with Crippen LogP contribution in [0.25, 0.3) is 28.4 Å². The number of ether oxygens (including phenoxy) is 6. The lowest BCUT2D eigenvalue weighted by molar-refractivity contribution is -0.314. The number of aliphatic hydroxyl groups is 6. The molecule has 4 aromatic rings. The minimum absolute atomic E-state index is 0.0956. The Balaban J connectivity index is 1.27. The highest BCUT2D eigenvalue weighted by Crippen LogP contribution is 2.44. The average molecular weight is 831 g/mol. The fourth-order valence-corrected chi connectivity index (χ4v) is 6.71. The number of fused-ring (bicyclic) bond motifs is 1. The van der Waals surface area contributed by atoms with Gasteiger partial charge in [-0.05, 0) is 42.0 Å². The maximum atomic E-state index is 14.0. The summed E-state index contributed by atoms with van der Waals surface area (Å²) in [6.07, 6.45) is -13.8. The fourth-order valence-electron chi connectivity index (χ4n) is 6.71. The third-order valence-electron chi connectivity index (χ3n) is 9.93. The van der Waals surface area contributed by atoms with Gasteiger partial charge in [-0.25, -0.2) is 0 Å². The predicted octanol–water partition coefficient (Wildman–Crippen LogP) is -0.0640. The number of phenolic OH excluding ortho intramolecular Hbond substituents is 5. The highest BCUT2D eigenvalue weighted by molar-refractivity contribution is 5.94. The number of carbonyl (C=O) groups excluding carboxylic acids is 1. The van der Waals surface area contributed by atoms with Gasteiger partial charge in [0.15, 0.2) is 52.3 Å². The molecular weight excluding hydrogens is 788 g/mol. The molecule has 3 heterocycles. The molecule has 59 heavy (non-hydrogen) atoms. The fraction of sp³-hybridized carbons (Fsp3) is 0.385. The van der Waals surface area contributed by atoms with Gasteiger partial charge in [0.2, 0.25) is 23.2 Å². The Bertz CT molecular complexity index is 2250. The van der Waals surface area contributed by atoms with Crippen LogP contribution in [0.3, 0.4) is 0 Å². The Morgan fingerprint density at radius 1 is 0.746 bits per heavy atom. The van der Waals surface area contributed by atoms with Gasteiger partial charge < -0.3 is 89.0 Å². The molecule has 0 spiro atoms. The number of rotatable bonds is 13. The second-order valence-corrected chi connectivity index (χ2v) is 13.7. The van der Waals surface area contributed by atoms with Gasteiger partial charge in [-0.15, -0.1) is 0 Å². The van der Waals surface area contributed by atoms with Crippen molar-refractivity contribution in [3.8, 4) is 57.3 Å². The van der Waals surface area contributed by atoms with Gasteiger partial charge in [-0.2, -0.15) is 0 Å². The van der Waals surface area contributed by atoms with Gasteiger partial charge >= 0.3 is 0 Å².